The van der Waals surface area contributed by atoms with E-state index in [1.807, 2.05) is 12.3 Å². The van der Waals surface area contributed by atoms with Gasteiger partial charge in [-0.2, -0.15) is 11.3 Å². The van der Waals surface area contributed by atoms with E-state index >= 15 is 0 Å². The summed E-state index contributed by atoms with van der Waals surface area (Å²) >= 11 is 1.68. The zero-order valence-corrected chi connectivity index (χ0v) is 10.7. The summed E-state index contributed by atoms with van der Waals surface area (Å²) in [5.74, 6) is 0. The minimum Gasteiger partial charge on any atom is -0.361 e. The van der Waals surface area contributed by atoms with Crippen LogP contribution in [-0.2, 0) is 0 Å². The zero-order chi connectivity index (χ0) is 11.0. The molecule has 0 spiro atoms. The molecule has 1 atom stereocenters. The van der Waals surface area contributed by atoms with Gasteiger partial charge in [0, 0.05) is 17.1 Å². The third-order valence-electron chi connectivity index (χ3n) is 2.87. The minimum atomic E-state index is -0.0363. The molecule has 17 heavy (non-hydrogen) atoms. The lowest BCUT2D eigenvalue weighted by molar-refractivity contribution is 0.886. The predicted molar refractivity (Wildman–Crippen MR) is 75.9 cm³/mol. The quantitative estimate of drug-likeness (QED) is 0.728. The number of fused-ring (bicyclic) bond motifs is 1. The molecule has 0 fully saturated rings. The second-order valence-corrected chi connectivity index (χ2v) is 4.60. The molecule has 0 saturated heterocycles. The molecular formula is C13H13ClN2S. The molecule has 0 amide bonds. The Bertz CT molecular complexity index is 601. The highest BCUT2D eigenvalue weighted by atomic mass is 35.5. The molecule has 2 aromatic heterocycles. The van der Waals surface area contributed by atoms with Crippen LogP contribution in [0.2, 0.25) is 0 Å². The highest BCUT2D eigenvalue weighted by Gasteiger charge is 2.12. The largest absolute Gasteiger partial charge is 0.361 e. The number of halogens is 1. The fourth-order valence-corrected chi connectivity index (χ4v) is 2.71. The lowest BCUT2D eigenvalue weighted by Crippen LogP contribution is -2.10. The van der Waals surface area contributed by atoms with E-state index in [0.29, 0.717) is 0 Å². The van der Waals surface area contributed by atoms with Crippen LogP contribution in [0.3, 0.4) is 0 Å². The van der Waals surface area contributed by atoms with Crippen molar-refractivity contribution in [3.63, 3.8) is 0 Å². The Kier molecular flexibility index (Phi) is 3.52. The normalized spacial score (nSPS) is 12.3. The van der Waals surface area contributed by atoms with Crippen molar-refractivity contribution in [3.8, 4) is 0 Å². The molecule has 0 unspecified atom stereocenters. The van der Waals surface area contributed by atoms with Gasteiger partial charge >= 0.3 is 0 Å². The molecule has 0 radical (unpaired) electrons. The first-order valence-electron chi connectivity index (χ1n) is 5.20. The maximum absolute atomic E-state index is 6.28. The summed E-state index contributed by atoms with van der Waals surface area (Å²) in [7, 11) is 0. The fraction of sp³-hybridized carbons (Fsp3) is 0.0769. The molecular weight excluding hydrogens is 252 g/mol. The van der Waals surface area contributed by atoms with Crippen molar-refractivity contribution in [2.75, 3.05) is 0 Å². The van der Waals surface area contributed by atoms with Crippen molar-refractivity contribution in [1.82, 2.24) is 4.98 Å². The van der Waals surface area contributed by atoms with Crippen molar-refractivity contribution < 1.29 is 0 Å². The van der Waals surface area contributed by atoms with Gasteiger partial charge in [-0.15, -0.1) is 12.4 Å². The van der Waals surface area contributed by atoms with Gasteiger partial charge in [0.2, 0.25) is 0 Å². The average Bonchev–Trinajstić information content (AvgIpc) is 2.98. The maximum atomic E-state index is 6.28. The third-order valence-corrected chi connectivity index (χ3v) is 3.57. The van der Waals surface area contributed by atoms with E-state index < -0.39 is 0 Å². The molecule has 0 aliphatic heterocycles. The standard InChI is InChI=1S/C13H12N2S.ClH/c14-13(9-5-7-16-8-9)11-2-1-3-12-10(11)4-6-15-12;/h1-8,13,15H,14H2;1H/t13-;/m0./s1. The lowest BCUT2D eigenvalue weighted by Gasteiger charge is -2.11. The summed E-state index contributed by atoms with van der Waals surface area (Å²) in [5.41, 5.74) is 9.78. The van der Waals surface area contributed by atoms with Gasteiger partial charge in [0.25, 0.3) is 0 Å². The highest BCUT2D eigenvalue weighted by molar-refractivity contribution is 7.08. The molecule has 0 aliphatic carbocycles. The Morgan fingerprint density at radius 2 is 2.06 bits per heavy atom. The first-order valence-corrected chi connectivity index (χ1v) is 6.14. The average molecular weight is 265 g/mol. The SMILES string of the molecule is Cl.N[C@@H](c1ccsc1)c1cccc2[nH]ccc12. The molecule has 1 aromatic carbocycles. The second kappa shape index (κ2) is 4.92. The van der Waals surface area contributed by atoms with Gasteiger partial charge in [-0.3, -0.25) is 0 Å². The minimum absolute atomic E-state index is 0. The zero-order valence-electron chi connectivity index (χ0n) is 9.09. The molecule has 4 heteroatoms. The fourth-order valence-electron chi connectivity index (χ4n) is 2.01. The van der Waals surface area contributed by atoms with Crippen molar-refractivity contribution in [2.24, 2.45) is 5.73 Å². The molecule has 3 rings (SSSR count). The molecule has 88 valence electrons. The summed E-state index contributed by atoms with van der Waals surface area (Å²) in [6.45, 7) is 0. The van der Waals surface area contributed by atoms with E-state index in [1.165, 1.54) is 16.5 Å². The second-order valence-electron chi connectivity index (χ2n) is 3.82. The van der Waals surface area contributed by atoms with Crippen LogP contribution >= 0.6 is 23.7 Å². The molecule has 3 aromatic rings. The van der Waals surface area contributed by atoms with Crippen LogP contribution < -0.4 is 5.73 Å². The van der Waals surface area contributed by atoms with Crippen LogP contribution in [0, 0.1) is 0 Å². The van der Waals surface area contributed by atoms with Gasteiger partial charge in [-0.25, -0.2) is 0 Å². The maximum Gasteiger partial charge on any atom is 0.0566 e. The number of nitrogens with one attached hydrogen (secondary N) is 1. The monoisotopic (exact) mass is 264 g/mol. The molecule has 2 nitrogen and oxygen atoms in total. The number of benzene rings is 1. The van der Waals surface area contributed by atoms with E-state index in [-0.39, 0.29) is 18.4 Å². The van der Waals surface area contributed by atoms with Gasteiger partial charge in [0.1, 0.15) is 0 Å². The van der Waals surface area contributed by atoms with Crippen molar-refractivity contribution in [1.29, 1.82) is 0 Å². The lowest BCUT2D eigenvalue weighted by atomic mass is 9.99. The Balaban J connectivity index is 0.00000108. The highest BCUT2D eigenvalue weighted by Crippen LogP contribution is 2.27. The summed E-state index contributed by atoms with van der Waals surface area (Å²) in [6, 6.07) is 10.3. The van der Waals surface area contributed by atoms with E-state index in [9.17, 15) is 0 Å². The molecule has 0 bridgehead atoms. The number of nitrogens with two attached hydrogens (primary N) is 1. The number of hydrogen-bond acceptors (Lipinski definition) is 2. The van der Waals surface area contributed by atoms with Crippen LogP contribution in [0.25, 0.3) is 10.9 Å². The summed E-state index contributed by atoms with van der Waals surface area (Å²) in [4.78, 5) is 3.21. The Labute approximate surface area is 110 Å². The molecule has 2 heterocycles. The molecule has 3 N–H and O–H groups in total. The number of thiophene rings is 1. The number of aromatic nitrogens is 1. The first-order chi connectivity index (χ1) is 7.86. The van der Waals surface area contributed by atoms with Crippen molar-refractivity contribution in [3.05, 3.63) is 58.4 Å². The van der Waals surface area contributed by atoms with Gasteiger partial charge in [-0.1, -0.05) is 12.1 Å². The van der Waals surface area contributed by atoms with Crippen LogP contribution in [0.15, 0.2) is 47.3 Å². The summed E-state index contributed by atoms with van der Waals surface area (Å²) < 4.78 is 0. The van der Waals surface area contributed by atoms with Crippen LogP contribution in [0.4, 0.5) is 0 Å². The molecule has 0 aliphatic rings. The first kappa shape index (κ1) is 12.2. The number of H-pyrrole nitrogens is 1. The van der Waals surface area contributed by atoms with Crippen molar-refractivity contribution >= 4 is 34.6 Å². The number of aromatic amines is 1. The Morgan fingerprint density at radius 1 is 1.18 bits per heavy atom. The van der Waals surface area contributed by atoms with Gasteiger partial charge < -0.3 is 10.7 Å². The molecule has 0 saturated carbocycles. The topological polar surface area (TPSA) is 41.8 Å². The van der Waals surface area contributed by atoms with Crippen molar-refractivity contribution in [2.45, 2.75) is 6.04 Å². The van der Waals surface area contributed by atoms with Crippen LogP contribution in [-0.4, -0.2) is 4.98 Å². The Hall–Kier alpha value is -1.29. The van der Waals surface area contributed by atoms with E-state index in [1.54, 1.807) is 11.3 Å². The van der Waals surface area contributed by atoms with E-state index in [4.69, 9.17) is 5.73 Å². The number of hydrogen-bond donors (Lipinski definition) is 2. The third kappa shape index (κ3) is 2.09. The summed E-state index contributed by atoms with van der Waals surface area (Å²) in [6.07, 6.45) is 1.95. The van der Waals surface area contributed by atoms with Gasteiger partial charge in [0.15, 0.2) is 0 Å². The Morgan fingerprint density at radius 3 is 2.82 bits per heavy atom. The van der Waals surface area contributed by atoms with Crippen LogP contribution in [0.5, 0.6) is 0 Å². The van der Waals surface area contributed by atoms with Crippen LogP contribution in [0.1, 0.15) is 17.2 Å². The smallest absolute Gasteiger partial charge is 0.0566 e. The number of rotatable bonds is 2. The van der Waals surface area contributed by atoms with Gasteiger partial charge in [-0.05, 0) is 40.1 Å². The van der Waals surface area contributed by atoms with Gasteiger partial charge in [0.05, 0.1) is 6.04 Å². The predicted octanol–water partition coefficient (Wildman–Crippen LogP) is 3.70. The van der Waals surface area contributed by atoms with E-state index in [2.05, 4.69) is 40.0 Å². The summed E-state index contributed by atoms with van der Waals surface area (Å²) in [5, 5.41) is 5.38. The van der Waals surface area contributed by atoms with E-state index in [0.717, 1.165) is 5.52 Å².